The number of carbonyl (C=O) groups excluding carboxylic acids is 1. The minimum absolute atomic E-state index is 0.0577. The highest BCUT2D eigenvalue weighted by atomic mass is 16.7. The molecule has 2 aliphatic heterocycles. The number of nitrogens with zero attached hydrogens (tertiary/aromatic N) is 1. The number of hydrogen-bond donors (Lipinski definition) is 1. The van der Waals surface area contributed by atoms with E-state index in [9.17, 15) is 9.90 Å². The fraction of sp³-hybridized carbons (Fsp3) is 0.825. The summed E-state index contributed by atoms with van der Waals surface area (Å²) in [5.41, 5.74) is -1.42. The number of benzene rings is 1. The van der Waals surface area contributed by atoms with Crippen molar-refractivity contribution in [1.82, 2.24) is 4.90 Å². The van der Waals surface area contributed by atoms with E-state index in [-0.39, 0.29) is 30.6 Å². The van der Waals surface area contributed by atoms with Crippen LogP contribution in [-0.4, -0.2) is 105 Å². The van der Waals surface area contributed by atoms with Crippen LogP contribution < -0.4 is 9.47 Å². The Bertz CT molecular complexity index is 1390. The molecule has 282 valence electrons. The van der Waals surface area contributed by atoms with E-state index in [0.29, 0.717) is 44.5 Å². The molecule has 10 nitrogen and oxygen atoms in total. The van der Waals surface area contributed by atoms with Crippen molar-refractivity contribution >= 4 is 6.16 Å². The van der Waals surface area contributed by atoms with E-state index >= 15 is 0 Å². The molecular weight excluding hydrogens is 638 g/mol. The summed E-state index contributed by atoms with van der Waals surface area (Å²) in [6, 6.07) is 4.15. The molecule has 0 radical (unpaired) electrons. The third kappa shape index (κ3) is 5.70. The average molecular weight is 702 g/mol. The Hall–Kier alpha value is -1.95. The summed E-state index contributed by atoms with van der Waals surface area (Å²) < 4.78 is 41.9. The molecule has 10 heteroatoms. The zero-order chi connectivity index (χ0) is 36.2. The lowest BCUT2D eigenvalue weighted by Gasteiger charge is -2.77. The molecular formula is C40H63NO9. The molecule has 2 spiro atoms. The van der Waals surface area contributed by atoms with Crippen molar-refractivity contribution < 1.29 is 43.1 Å². The highest BCUT2D eigenvalue weighted by Crippen LogP contribution is 2.80. The fourth-order valence-electron chi connectivity index (χ4n) is 10.8. The highest BCUT2D eigenvalue weighted by Gasteiger charge is 2.85. The number of hydrogen-bond acceptors (Lipinski definition) is 10. The minimum Gasteiger partial charge on any atom is -0.479 e. The molecule has 1 saturated heterocycles. The van der Waals surface area contributed by atoms with E-state index in [4.69, 9.17) is 33.2 Å². The van der Waals surface area contributed by atoms with Crippen molar-refractivity contribution in [3.8, 4) is 11.5 Å². The van der Waals surface area contributed by atoms with Gasteiger partial charge in [0.1, 0.15) is 17.8 Å². The Morgan fingerprint density at radius 3 is 2.28 bits per heavy atom. The summed E-state index contributed by atoms with van der Waals surface area (Å²) in [6.07, 6.45) is 5.31. The van der Waals surface area contributed by atoms with Crippen molar-refractivity contribution in [2.45, 2.75) is 122 Å². The average Bonchev–Trinajstić information content (AvgIpc) is 3.84. The van der Waals surface area contributed by atoms with Gasteiger partial charge in [-0.3, -0.25) is 4.90 Å². The van der Waals surface area contributed by atoms with E-state index in [1.807, 2.05) is 19.9 Å². The molecule has 1 aromatic carbocycles. The number of aryl methyl sites for hydroxylation is 1. The summed E-state index contributed by atoms with van der Waals surface area (Å²) in [4.78, 5) is 15.8. The normalized spacial score (nSPS) is 34.4. The summed E-state index contributed by atoms with van der Waals surface area (Å²) in [7, 11) is 1.80. The summed E-state index contributed by atoms with van der Waals surface area (Å²) in [6.45, 7) is 22.1. The lowest BCUT2D eigenvalue weighted by Crippen LogP contribution is -2.86. The van der Waals surface area contributed by atoms with Crippen LogP contribution in [0, 0.1) is 29.6 Å². The van der Waals surface area contributed by atoms with Crippen LogP contribution in [0.3, 0.4) is 0 Å². The third-order valence-corrected chi connectivity index (χ3v) is 14.1. The van der Waals surface area contributed by atoms with Crippen molar-refractivity contribution in [2.75, 3.05) is 66.4 Å². The van der Waals surface area contributed by atoms with Crippen molar-refractivity contribution in [3.05, 3.63) is 23.3 Å². The number of rotatable bonds is 15. The van der Waals surface area contributed by atoms with Gasteiger partial charge in [-0.25, -0.2) is 4.79 Å². The molecule has 1 aromatic rings. The number of ether oxygens (including phenoxy) is 7. The summed E-state index contributed by atoms with van der Waals surface area (Å²) in [5.74, 6) is 1.56. The van der Waals surface area contributed by atoms with Gasteiger partial charge in [0.15, 0.2) is 11.5 Å². The van der Waals surface area contributed by atoms with Gasteiger partial charge in [0.05, 0.1) is 44.1 Å². The van der Waals surface area contributed by atoms with Gasteiger partial charge in [-0.05, 0) is 103 Å². The largest absolute Gasteiger partial charge is 0.514 e. The first-order valence-corrected chi connectivity index (χ1v) is 19.1. The van der Waals surface area contributed by atoms with Gasteiger partial charge >= 0.3 is 6.16 Å². The first-order valence-electron chi connectivity index (χ1n) is 19.1. The molecule has 7 unspecified atom stereocenters. The molecule has 7 rings (SSSR count). The second kappa shape index (κ2) is 13.8. The standard InChI is InChI=1S/C40H63NO9/c1-10-45-19-20-46-21-22-47-23-24-48-34(42)49-30-14-11-27(2)32-33(30)50-37(8)39(32)17-18-41(26-29-12-13-29)28(3)38(39)15-16-40(37,44-9)31(25-38)36(7,43)35(4,5)6/h11,14,28-29,31,43H,10,12-13,15-26H2,1-9H3. The molecule has 0 aromatic heterocycles. The second-order valence-corrected chi connectivity index (χ2v) is 17.0. The summed E-state index contributed by atoms with van der Waals surface area (Å²) >= 11 is 0. The first kappa shape index (κ1) is 37.8. The van der Waals surface area contributed by atoms with Gasteiger partial charge in [-0.1, -0.05) is 26.8 Å². The minimum atomic E-state index is -1.04. The first-order chi connectivity index (χ1) is 23.7. The Morgan fingerprint density at radius 1 is 1.00 bits per heavy atom. The lowest BCUT2D eigenvalue weighted by molar-refractivity contribution is -0.342. The van der Waals surface area contributed by atoms with Crippen LogP contribution in [0.4, 0.5) is 4.79 Å². The van der Waals surface area contributed by atoms with E-state index in [2.05, 4.69) is 52.5 Å². The molecule has 0 amide bonds. The van der Waals surface area contributed by atoms with E-state index < -0.39 is 33.8 Å². The van der Waals surface area contributed by atoms with Gasteiger partial charge in [0.25, 0.3) is 0 Å². The quantitative estimate of drug-likeness (QED) is 0.125. The number of likely N-dealkylation sites (tertiary alicyclic amines) is 1. The molecule has 4 aliphatic carbocycles. The van der Waals surface area contributed by atoms with Crippen molar-refractivity contribution in [1.29, 1.82) is 0 Å². The smallest absolute Gasteiger partial charge is 0.479 e. The Balaban J connectivity index is 1.30. The molecule has 2 bridgehead atoms. The maximum Gasteiger partial charge on any atom is 0.514 e. The Morgan fingerprint density at radius 2 is 1.66 bits per heavy atom. The number of aliphatic hydroxyl groups is 1. The highest BCUT2D eigenvalue weighted by molar-refractivity contribution is 5.69. The Labute approximate surface area is 299 Å². The van der Waals surface area contributed by atoms with Crippen LogP contribution in [0.5, 0.6) is 11.5 Å². The van der Waals surface area contributed by atoms with E-state index in [1.54, 1.807) is 7.11 Å². The van der Waals surface area contributed by atoms with Crippen LogP contribution in [-0.2, 0) is 29.1 Å². The SMILES string of the molecule is CCOCCOCCOCCOC(=O)Oc1ccc(C)c2c1OC1(C)C3(OC)CCC4(CC3C(C)(O)C(C)(C)C)C(C)N(CC3CC3)CCC241. The number of fused-ring (bicyclic) bond motifs is 3. The predicted octanol–water partition coefficient (Wildman–Crippen LogP) is 6.46. The molecule has 1 N–H and O–H groups in total. The van der Waals surface area contributed by atoms with E-state index in [0.717, 1.165) is 55.8 Å². The molecule has 2 heterocycles. The van der Waals surface area contributed by atoms with Gasteiger partial charge in [0, 0.05) is 43.2 Å². The molecule has 6 aliphatic rings. The number of methoxy groups -OCH3 is 1. The van der Waals surface area contributed by atoms with Crippen molar-refractivity contribution in [3.63, 3.8) is 0 Å². The fourth-order valence-corrected chi connectivity index (χ4v) is 10.8. The zero-order valence-corrected chi connectivity index (χ0v) is 32.2. The lowest BCUT2D eigenvalue weighted by atomic mass is 9.31. The third-order valence-electron chi connectivity index (χ3n) is 14.1. The molecule has 5 fully saturated rings. The van der Waals surface area contributed by atoms with Crippen molar-refractivity contribution in [2.24, 2.45) is 22.7 Å². The van der Waals surface area contributed by atoms with Crippen LogP contribution in [0.25, 0.3) is 0 Å². The van der Waals surface area contributed by atoms with Gasteiger partial charge in [0.2, 0.25) is 0 Å². The van der Waals surface area contributed by atoms with E-state index in [1.165, 1.54) is 12.8 Å². The second-order valence-electron chi connectivity index (χ2n) is 17.0. The number of piperidine rings is 1. The van der Waals surface area contributed by atoms with Gasteiger partial charge in [-0.15, -0.1) is 0 Å². The van der Waals surface area contributed by atoms with Crippen LogP contribution in [0.2, 0.25) is 0 Å². The topological polar surface area (TPSA) is 105 Å². The van der Waals surface area contributed by atoms with Gasteiger partial charge in [-0.2, -0.15) is 0 Å². The van der Waals surface area contributed by atoms with Crippen LogP contribution >= 0.6 is 0 Å². The molecule has 7 atom stereocenters. The molecule has 50 heavy (non-hydrogen) atoms. The maximum atomic E-state index is 13.1. The van der Waals surface area contributed by atoms with Crippen LogP contribution in [0.1, 0.15) is 98.1 Å². The monoisotopic (exact) mass is 701 g/mol. The van der Waals surface area contributed by atoms with Crippen LogP contribution in [0.15, 0.2) is 12.1 Å². The summed E-state index contributed by atoms with van der Waals surface area (Å²) in [5, 5.41) is 12.6. The predicted molar refractivity (Wildman–Crippen MR) is 190 cm³/mol. The number of carbonyl (C=O) groups is 1. The molecule has 4 saturated carbocycles. The zero-order valence-electron chi connectivity index (χ0n) is 32.2. The maximum absolute atomic E-state index is 13.1. The Kier molecular flexibility index (Phi) is 10.4. The van der Waals surface area contributed by atoms with Gasteiger partial charge < -0.3 is 38.3 Å².